The molecule has 0 spiro atoms. The van der Waals surface area contributed by atoms with Crippen molar-refractivity contribution in [1.82, 2.24) is 4.98 Å². The average Bonchev–Trinajstić information content (AvgIpc) is 3.52. The minimum Gasteiger partial charge on any atom is -0.507 e. The number of ether oxygens (including phenoxy) is 2. The first-order chi connectivity index (χ1) is 16.3. The third-order valence-corrected chi connectivity index (χ3v) is 6.51. The smallest absolute Gasteiger partial charge is 0.350 e. The second-order valence-corrected chi connectivity index (χ2v) is 8.48. The number of amides is 1. The highest BCUT2D eigenvalue weighted by atomic mass is 32.1. The summed E-state index contributed by atoms with van der Waals surface area (Å²) < 4.78 is 15.9. The van der Waals surface area contributed by atoms with Crippen LogP contribution in [0.3, 0.4) is 0 Å². The molecule has 9 nitrogen and oxygen atoms in total. The van der Waals surface area contributed by atoms with E-state index in [1.807, 2.05) is 0 Å². The Morgan fingerprint density at radius 2 is 2.03 bits per heavy atom. The molecule has 1 aromatic carbocycles. The lowest BCUT2D eigenvalue weighted by Gasteiger charge is -2.20. The van der Waals surface area contributed by atoms with Crippen molar-refractivity contribution in [2.45, 2.75) is 26.8 Å². The highest BCUT2D eigenvalue weighted by molar-refractivity contribution is 7.17. The average molecular weight is 483 g/mol. The highest BCUT2D eigenvalue weighted by Crippen LogP contribution is 2.44. The first-order valence-corrected chi connectivity index (χ1v) is 11.2. The molecule has 0 radical (unpaired) electrons. The molecule has 1 atom stereocenters. The quantitative estimate of drug-likeness (QED) is 0.241. The number of Topliss-reactive ketones (excluding diaryl/α,β-unsaturated/α-hetero) is 1. The molecule has 1 amide bonds. The zero-order chi connectivity index (χ0) is 24.6. The molecule has 2 aromatic heterocycles. The Bertz CT molecular complexity index is 1310. The Balaban J connectivity index is 1.87. The summed E-state index contributed by atoms with van der Waals surface area (Å²) in [7, 11) is 1.53. The molecule has 0 saturated carbocycles. The van der Waals surface area contributed by atoms with Gasteiger partial charge in [0, 0.05) is 5.56 Å². The molecule has 1 fully saturated rings. The summed E-state index contributed by atoms with van der Waals surface area (Å²) in [4.78, 5) is 44.3. The number of nitrogens with zero attached hydrogens (tertiary/aromatic N) is 2. The number of anilines is 1. The van der Waals surface area contributed by atoms with Crippen LogP contribution in [0.4, 0.5) is 5.13 Å². The number of benzene rings is 1. The van der Waals surface area contributed by atoms with Gasteiger partial charge in [0.1, 0.15) is 28.2 Å². The summed E-state index contributed by atoms with van der Waals surface area (Å²) in [5.41, 5.74) is 1.31. The van der Waals surface area contributed by atoms with Gasteiger partial charge in [-0.05, 0) is 56.7 Å². The minimum atomic E-state index is -1.07. The van der Waals surface area contributed by atoms with Crippen LogP contribution in [-0.4, -0.2) is 41.5 Å². The van der Waals surface area contributed by atoms with Crippen molar-refractivity contribution in [1.29, 1.82) is 0 Å². The van der Waals surface area contributed by atoms with E-state index >= 15 is 0 Å². The number of carbonyl (C=O) groups excluding carboxylic acids is 3. The van der Waals surface area contributed by atoms with Crippen molar-refractivity contribution >= 4 is 39.9 Å². The van der Waals surface area contributed by atoms with Gasteiger partial charge in [0.2, 0.25) is 0 Å². The van der Waals surface area contributed by atoms with Crippen LogP contribution in [0.2, 0.25) is 0 Å². The fraction of sp³-hybridized carbons (Fsp3) is 0.250. The van der Waals surface area contributed by atoms with E-state index in [0.29, 0.717) is 17.0 Å². The Morgan fingerprint density at radius 3 is 2.65 bits per heavy atom. The van der Waals surface area contributed by atoms with Crippen molar-refractivity contribution in [3.63, 3.8) is 0 Å². The Kier molecular flexibility index (Phi) is 6.25. The first-order valence-electron chi connectivity index (χ1n) is 10.4. The van der Waals surface area contributed by atoms with Crippen LogP contribution in [0.25, 0.3) is 5.76 Å². The Morgan fingerprint density at radius 1 is 1.26 bits per heavy atom. The molecule has 10 heteroatoms. The molecule has 4 rings (SSSR count). The summed E-state index contributed by atoms with van der Waals surface area (Å²) in [6, 6.07) is 7.07. The van der Waals surface area contributed by atoms with Gasteiger partial charge in [0.05, 0.1) is 31.2 Å². The fourth-order valence-electron chi connectivity index (χ4n) is 3.80. The number of esters is 1. The second-order valence-electron chi connectivity index (χ2n) is 7.50. The fourth-order valence-corrected chi connectivity index (χ4v) is 4.79. The lowest BCUT2D eigenvalue weighted by atomic mass is 9.98. The van der Waals surface area contributed by atoms with Crippen molar-refractivity contribution in [3.8, 4) is 5.75 Å². The van der Waals surface area contributed by atoms with Crippen LogP contribution in [0.15, 0.2) is 46.6 Å². The molecule has 1 saturated heterocycles. The van der Waals surface area contributed by atoms with E-state index in [1.54, 1.807) is 51.1 Å². The number of aliphatic hydroxyl groups is 1. The van der Waals surface area contributed by atoms with Crippen LogP contribution >= 0.6 is 11.3 Å². The maximum atomic E-state index is 13.2. The van der Waals surface area contributed by atoms with E-state index in [1.165, 1.54) is 13.4 Å². The van der Waals surface area contributed by atoms with Gasteiger partial charge in [0.25, 0.3) is 5.78 Å². The lowest BCUT2D eigenvalue weighted by Crippen LogP contribution is -2.29. The molecule has 34 heavy (non-hydrogen) atoms. The van der Waals surface area contributed by atoms with Gasteiger partial charge in [0.15, 0.2) is 5.13 Å². The van der Waals surface area contributed by atoms with Crippen LogP contribution in [0, 0.1) is 13.8 Å². The van der Waals surface area contributed by atoms with Crippen LogP contribution < -0.4 is 9.64 Å². The number of carbonyl (C=O) groups is 3. The number of rotatable bonds is 6. The van der Waals surface area contributed by atoms with Gasteiger partial charge < -0.3 is 19.0 Å². The third-order valence-electron chi connectivity index (χ3n) is 5.38. The van der Waals surface area contributed by atoms with Gasteiger partial charge in [-0.25, -0.2) is 9.78 Å². The molecule has 0 bridgehead atoms. The second kappa shape index (κ2) is 9.14. The van der Waals surface area contributed by atoms with Gasteiger partial charge in [-0.1, -0.05) is 11.3 Å². The molecule has 1 aliphatic rings. The van der Waals surface area contributed by atoms with Crippen LogP contribution in [0.5, 0.6) is 5.75 Å². The zero-order valence-corrected chi connectivity index (χ0v) is 19.8. The number of thiazole rings is 1. The third kappa shape index (κ3) is 3.86. The number of ketones is 1. The molecule has 3 aromatic rings. The maximum Gasteiger partial charge on any atom is 0.350 e. The number of aryl methyl sites for hydroxylation is 2. The monoisotopic (exact) mass is 482 g/mol. The summed E-state index contributed by atoms with van der Waals surface area (Å²) in [6.45, 7) is 5.29. The standard InChI is InChI=1S/C24H22N2O7S/c1-5-32-23(30)21-13(3)25-24(34-21)26-18(16-7-6-10-33-16)17(20(28)22(26)29)19(27)14-8-9-15(31-4)12(2)11-14/h6-11,18,27H,5H2,1-4H3/b19-17-. The molecule has 176 valence electrons. The van der Waals surface area contributed by atoms with Crippen molar-refractivity contribution < 1.29 is 33.4 Å². The molecular weight excluding hydrogens is 460 g/mol. The SMILES string of the molecule is CCOC(=O)c1sc(N2C(=O)C(=O)/C(=C(\O)c3ccc(OC)c(C)c3)C2c2ccco2)nc1C. The molecule has 1 aliphatic heterocycles. The first kappa shape index (κ1) is 23.2. The number of aliphatic hydroxyl groups excluding tert-OH is 1. The topological polar surface area (TPSA) is 119 Å². The van der Waals surface area contributed by atoms with E-state index in [9.17, 15) is 19.5 Å². The normalized spacial score (nSPS) is 17.3. The van der Waals surface area contributed by atoms with Crippen LogP contribution in [0.1, 0.15) is 45.2 Å². The largest absolute Gasteiger partial charge is 0.507 e. The Hall–Kier alpha value is -3.92. The Labute approximate surface area is 199 Å². The van der Waals surface area contributed by atoms with E-state index in [-0.39, 0.29) is 33.7 Å². The summed E-state index contributed by atoms with van der Waals surface area (Å²) in [5.74, 6) is -1.83. The van der Waals surface area contributed by atoms with Crippen molar-refractivity contribution in [2.75, 3.05) is 18.6 Å². The van der Waals surface area contributed by atoms with Gasteiger partial charge >= 0.3 is 11.9 Å². The number of hydrogen-bond acceptors (Lipinski definition) is 9. The number of aromatic nitrogens is 1. The van der Waals surface area contributed by atoms with Crippen LogP contribution in [-0.2, 0) is 14.3 Å². The maximum absolute atomic E-state index is 13.2. The van der Waals surface area contributed by atoms with E-state index in [2.05, 4.69) is 4.98 Å². The number of furan rings is 1. The van der Waals surface area contributed by atoms with Gasteiger partial charge in [-0.15, -0.1) is 0 Å². The molecule has 0 aliphatic carbocycles. The van der Waals surface area contributed by atoms with E-state index in [0.717, 1.165) is 21.8 Å². The van der Waals surface area contributed by atoms with Gasteiger partial charge in [-0.3, -0.25) is 14.5 Å². The minimum absolute atomic E-state index is 0.119. The predicted molar refractivity (Wildman–Crippen MR) is 124 cm³/mol. The number of methoxy groups -OCH3 is 1. The lowest BCUT2D eigenvalue weighted by molar-refractivity contribution is -0.132. The summed E-state index contributed by atoms with van der Waals surface area (Å²) >= 11 is 0.933. The molecule has 1 unspecified atom stereocenters. The van der Waals surface area contributed by atoms with Crippen molar-refractivity contribution in [3.05, 3.63) is 69.6 Å². The summed E-state index contributed by atoms with van der Waals surface area (Å²) in [5, 5.41) is 11.3. The molecule has 1 N–H and O–H groups in total. The zero-order valence-electron chi connectivity index (χ0n) is 18.9. The summed E-state index contributed by atoms with van der Waals surface area (Å²) in [6.07, 6.45) is 1.41. The van der Waals surface area contributed by atoms with Crippen molar-refractivity contribution in [2.24, 2.45) is 0 Å². The van der Waals surface area contributed by atoms with Gasteiger partial charge in [-0.2, -0.15) is 0 Å². The predicted octanol–water partition coefficient (Wildman–Crippen LogP) is 4.16. The van der Waals surface area contributed by atoms with E-state index < -0.39 is 23.7 Å². The highest BCUT2D eigenvalue weighted by Gasteiger charge is 2.49. The molecule has 3 heterocycles. The number of hydrogen-bond donors (Lipinski definition) is 1. The van der Waals surface area contributed by atoms with E-state index in [4.69, 9.17) is 13.9 Å². The molecular formula is C24H22N2O7S.